The van der Waals surface area contributed by atoms with E-state index in [1.165, 1.54) is 0 Å². The lowest BCUT2D eigenvalue weighted by molar-refractivity contribution is 0.0953. The maximum absolute atomic E-state index is 12.2. The van der Waals surface area contributed by atoms with E-state index in [0.29, 0.717) is 18.7 Å². The lowest BCUT2D eigenvalue weighted by atomic mass is 10.1. The molecule has 20 heavy (non-hydrogen) atoms. The zero-order valence-electron chi connectivity index (χ0n) is 11.3. The van der Waals surface area contributed by atoms with Crippen molar-refractivity contribution in [3.05, 3.63) is 42.1 Å². The fourth-order valence-corrected chi connectivity index (χ4v) is 2.48. The molecule has 2 rings (SSSR count). The molecule has 0 aliphatic rings. The van der Waals surface area contributed by atoms with Gasteiger partial charge in [0.05, 0.1) is 17.7 Å². The summed E-state index contributed by atoms with van der Waals surface area (Å²) in [4.78, 5) is 16.7. The molecule has 0 radical (unpaired) electrons. The van der Waals surface area contributed by atoms with E-state index in [2.05, 4.69) is 26.2 Å². The minimum Gasteiger partial charge on any atom is -0.384 e. The Labute approximate surface area is 126 Å². The number of alkyl halides is 1. The molecule has 0 fully saturated rings. The SMILES string of the molecule is COCC(Br)CCNC(=O)c1cccc2cccnc12. The van der Waals surface area contributed by atoms with Gasteiger partial charge in [0.2, 0.25) is 0 Å². The number of nitrogens with zero attached hydrogens (tertiary/aromatic N) is 1. The van der Waals surface area contributed by atoms with Crippen LogP contribution in [0, 0.1) is 0 Å². The van der Waals surface area contributed by atoms with E-state index in [0.717, 1.165) is 17.3 Å². The smallest absolute Gasteiger partial charge is 0.253 e. The largest absolute Gasteiger partial charge is 0.384 e. The molecule has 1 heterocycles. The highest BCUT2D eigenvalue weighted by Crippen LogP contribution is 2.15. The van der Waals surface area contributed by atoms with Crippen molar-refractivity contribution in [2.24, 2.45) is 0 Å². The van der Waals surface area contributed by atoms with Gasteiger partial charge >= 0.3 is 0 Å². The number of fused-ring (bicyclic) bond motifs is 1. The first-order chi connectivity index (χ1) is 9.72. The third-order valence-electron chi connectivity index (χ3n) is 2.97. The van der Waals surface area contributed by atoms with Crippen LogP contribution in [0.4, 0.5) is 0 Å². The van der Waals surface area contributed by atoms with Crippen molar-refractivity contribution >= 4 is 32.7 Å². The van der Waals surface area contributed by atoms with Crippen LogP contribution in [0.2, 0.25) is 0 Å². The van der Waals surface area contributed by atoms with Crippen molar-refractivity contribution < 1.29 is 9.53 Å². The lowest BCUT2D eigenvalue weighted by Crippen LogP contribution is -2.27. The molecule has 4 nitrogen and oxygen atoms in total. The minimum absolute atomic E-state index is 0.0913. The highest BCUT2D eigenvalue weighted by Gasteiger charge is 2.11. The highest BCUT2D eigenvalue weighted by atomic mass is 79.9. The summed E-state index contributed by atoms with van der Waals surface area (Å²) in [7, 11) is 1.66. The van der Waals surface area contributed by atoms with Crippen molar-refractivity contribution in [2.45, 2.75) is 11.2 Å². The van der Waals surface area contributed by atoms with Crippen molar-refractivity contribution in [2.75, 3.05) is 20.3 Å². The standard InChI is InChI=1S/C15H17BrN2O2/c1-20-10-12(16)7-9-18-15(19)13-6-2-4-11-5-3-8-17-14(11)13/h2-6,8,12H,7,9-10H2,1H3,(H,18,19). The van der Waals surface area contributed by atoms with Crippen LogP contribution in [-0.4, -0.2) is 36.0 Å². The van der Waals surface area contributed by atoms with Gasteiger partial charge in [-0.2, -0.15) is 0 Å². The quantitative estimate of drug-likeness (QED) is 0.825. The number of hydrogen-bond donors (Lipinski definition) is 1. The maximum Gasteiger partial charge on any atom is 0.253 e. The summed E-state index contributed by atoms with van der Waals surface area (Å²) in [5.41, 5.74) is 1.35. The Kier molecular flexibility index (Phi) is 5.49. The predicted octanol–water partition coefficient (Wildman–Crippen LogP) is 2.76. The van der Waals surface area contributed by atoms with E-state index in [9.17, 15) is 4.79 Å². The Morgan fingerprint density at radius 3 is 3.00 bits per heavy atom. The van der Waals surface area contributed by atoms with Gasteiger partial charge in [0.15, 0.2) is 0 Å². The summed E-state index contributed by atoms with van der Waals surface area (Å²) in [5.74, 6) is -0.0913. The van der Waals surface area contributed by atoms with Gasteiger partial charge in [0, 0.05) is 30.1 Å². The van der Waals surface area contributed by atoms with Gasteiger partial charge in [0.1, 0.15) is 0 Å². The first-order valence-corrected chi connectivity index (χ1v) is 7.39. The monoisotopic (exact) mass is 336 g/mol. The van der Waals surface area contributed by atoms with E-state index in [1.807, 2.05) is 24.3 Å². The minimum atomic E-state index is -0.0913. The molecule has 0 bridgehead atoms. The van der Waals surface area contributed by atoms with Crippen LogP contribution in [0.3, 0.4) is 0 Å². The third kappa shape index (κ3) is 3.77. The number of carbonyl (C=O) groups is 1. The lowest BCUT2D eigenvalue weighted by Gasteiger charge is -2.10. The molecule has 0 aliphatic heterocycles. The van der Waals surface area contributed by atoms with Crippen molar-refractivity contribution in [3.8, 4) is 0 Å². The average Bonchev–Trinajstić information content (AvgIpc) is 2.47. The molecule has 0 spiro atoms. The number of pyridine rings is 1. The molecule has 0 aliphatic carbocycles. The zero-order chi connectivity index (χ0) is 14.4. The number of aromatic nitrogens is 1. The van der Waals surface area contributed by atoms with Gasteiger partial charge in [-0.3, -0.25) is 9.78 Å². The second kappa shape index (κ2) is 7.36. The Bertz CT molecular complexity index is 584. The van der Waals surface area contributed by atoms with Crippen LogP contribution in [0.15, 0.2) is 36.5 Å². The number of nitrogens with one attached hydrogen (secondary N) is 1. The number of para-hydroxylation sites is 1. The van der Waals surface area contributed by atoms with E-state index in [4.69, 9.17) is 4.74 Å². The molecule has 106 valence electrons. The summed E-state index contributed by atoms with van der Waals surface area (Å²) in [5, 5.41) is 3.89. The number of amides is 1. The number of hydrogen-bond acceptors (Lipinski definition) is 3. The van der Waals surface area contributed by atoms with Crippen LogP contribution in [0.5, 0.6) is 0 Å². The van der Waals surface area contributed by atoms with Gasteiger partial charge in [-0.25, -0.2) is 0 Å². The number of carbonyl (C=O) groups excluding carboxylic acids is 1. The second-order valence-electron chi connectivity index (χ2n) is 4.48. The summed E-state index contributed by atoms with van der Waals surface area (Å²) in [6.45, 7) is 1.23. The van der Waals surface area contributed by atoms with Gasteiger partial charge < -0.3 is 10.1 Å². The first kappa shape index (κ1) is 14.9. The van der Waals surface area contributed by atoms with Gasteiger partial charge in [-0.05, 0) is 18.6 Å². The van der Waals surface area contributed by atoms with Crippen LogP contribution < -0.4 is 5.32 Å². The molecule has 1 N–H and O–H groups in total. The summed E-state index contributed by atoms with van der Waals surface area (Å²) in [6.07, 6.45) is 2.52. The van der Waals surface area contributed by atoms with Crippen LogP contribution in [-0.2, 0) is 4.74 Å². The molecule has 1 aromatic carbocycles. The Hall–Kier alpha value is -1.46. The van der Waals surface area contributed by atoms with E-state index >= 15 is 0 Å². The summed E-state index contributed by atoms with van der Waals surface area (Å²) < 4.78 is 5.03. The molecule has 0 saturated heterocycles. The summed E-state index contributed by atoms with van der Waals surface area (Å²) >= 11 is 3.50. The van der Waals surface area contributed by atoms with E-state index in [-0.39, 0.29) is 10.7 Å². The van der Waals surface area contributed by atoms with Crippen molar-refractivity contribution in [1.29, 1.82) is 0 Å². The molecule has 1 amide bonds. The van der Waals surface area contributed by atoms with Crippen molar-refractivity contribution in [3.63, 3.8) is 0 Å². The third-order valence-corrected chi connectivity index (χ3v) is 3.69. The van der Waals surface area contributed by atoms with Crippen LogP contribution >= 0.6 is 15.9 Å². The fourth-order valence-electron chi connectivity index (χ4n) is 1.99. The number of methoxy groups -OCH3 is 1. The molecule has 1 unspecified atom stereocenters. The normalized spacial score (nSPS) is 12.3. The van der Waals surface area contributed by atoms with Gasteiger partial charge in [0.25, 0.3) is 5.91 Å². The first-order valence-electron chi connectivity index (χ1n) is 6.47. The number of ether oxygens (including phenoxy) is 1. The average molecular weight is 337 g/mol. The molecule has 5 heteroatoms. The molecular weight excluding hydrogens is 320 g/mol. The number of benzene rings is 1. The van der Waals surface area contributed by atoms with Crippen LogP contribution in [0.25, 0.3) is 10.9 Å². The highest BCUT2D eigenvalue weighted by molar-refractivity contribution is 9.09. The Balaban J connectivity index is 2.01. The molecule has 0 saturated carbocycles. The van der Waals surface area contributed by atoms with Crippen LogP contribution in [0.1, 0.15) is 16.8 Å². The van der Waals surface area contributed by atoms with Crippen molar-refractivity contribution in [1.82, 2.24) is 10.3 Å². The van der Waals surface area contributed by atoms with Gasteiger partial charge in [-0.15, -0.1) is 0 Å². The Morgan fingerprint density at radius 2 is 2.20 bits per heavy atom. The molecule has 1 aromatic heterocycles. The fraction of sp³-hybridized carbons (Fsp3) is 0.333. The van der Waals surface area contributed by atoms with Gasteiger partial charge in [-0.1, -0.05) is 34.1 Å². The Morgan fingerprint density at radius 1 is 1.40 bits per heavy atom. The zero-order valence-corrected chi connectivity index (χ0v) is 12.9. The van der Waals surface area contributed by atoms with E-state index < -0.39 is 0 Å². The number of halogens is 1. The maximum atomic E-state index is 12.2. The molecule has 1 atom stereocenters. The van der Waals surface area contributed by atoms with E-state index in [1.54, 1.807) is 19.4 Å². The predicted molar refractivity (Wildman–Crippen MR) is 83.3 cm³/mol. The second-order valence-corrected chi connectivity index (χ2v) is 5.77. The number of rotatable bonds is 6. The summed E-state index contributed by atoms with van der Waals surface area (Å²) in [6, 6.07) is 9.44. The topological polar surface area (TPSA) is 51.2 Å². The molecular formula is C15H17BrN2O2. The molecule has 2 aromatic rings.